The first-order valence-corrected chi connectivity index (χ1v) is 8.39. The Hall–Kier alpha value is -2.70. The second kappa shape index (κ2) is 7.04. The van der Waals surface area contributed by atoms with E-state index < -0.39 is 5.97 Å². The molecule has 7 heteroatoms. The van der Waals surface area contributed by atoms with Crippen LogP contribution in [0.5, 0.6) is 5.75 Å². The van der Waals surface area contributed by atoms with Crippen molar-refractivity contribution in [2.45, 2.75) is 32.9 Å². The fourth-order valence-corrected chi connectivity index (χ4v) is 2.84. The fraction of sp³-hybridized carbons (Fsp3) is 0.444. The molecule has 1 atom stereocenters. The molecule has 25 heavy (non-hydrogen) atoms. The number of hydrogen-bond donors (Lipinski definition) is 1. The van der Waals surface area contributed by atoms with Gasteiger partial charge in [0.05, 0.1) is 13.2 Å². The maximum absolute atomic E-state index is 12.2. The molecule has 1 aromatic heterocycles. The lowest BCUT2D eigenvalue weighted by atomic mass is 10.2. The van der Waals surface area contributed by atoms with Gasteiger partial charge in [-0.2, -0.15) is 0 Å². The van der Waals surface area contributed by atoms with Gasteiger partial charge in [-0.3, -0.25) is 0 Å². The van der Waals surface area contributed by atoms with Crippen molar-refractivity contribution in [1.29, 1.82) is 0 Å². The van der Waals surface area contributed by atoms with Crippen LogP contribution in [0.4, 0.5) is 4.79 Å². The van der Waals surface area contributed by atoms with Gasteiger partial charge in [0.2, 0.25) is 0 Å². The molecule has 1 aliphatic rings. The standard InChI is InChI=1S/C18H22N2O5/c1-4-23-17(21)15-16(13-7-5-6-8-14(13)19-15)24-10-12-9-20(11(2)3)18(22)25-12/h5-8,11-12,19H,4,9-10H2,1-3H3. The van der Waals surface area contributed by atoms with E-state index in [1.165, 1.54) is 0 Å². The molecule has 134 valence electrons. The molecule has 2 heterocycles. The van der Waals surface area contributed by atoms with E-state index in [4.69, 9.17) is 14.2 Å². The quantitative estimate of drug-likeness (QED) is 0.813. The van der Waals surface area contributed by atoms with E-state index in [2.05, 4.69) is 4.98 Å². The summed E-state index contributed by atoms with van der Waals surface area (Å²) in [5, 5.41) is 0.788. The molecule has 1 fully saturated rings. The Morgan fingerprint density at radius 3 is 2.84 bits per heavy atom. The summed E-state index contributed by atoms with van der Waals surface area (Å²) in [7, 11) is 0. The Balaban J connectivity index is 1.80. The number of fused-ring (bicyclic) bond motifs is 1. The van der Waals surface area contributed by atoms with E-state index in [1.807, 2.05) is 38.1 Å². The average molecular weight is 346 g/mol. The molecule has 3 rings (SSSR count). The number of carbonyl (C=O) groups is 2. The molecule has 0 aliphatic carbocycles. The van der Waals surface area contributed by atoms with Gasteiger partial charge in [0.15, 0.2) is 17.5 Å². The smallest absolute Gasteiger partial charge is 0.410 e. The number of nitrogens with zero attached hydrogens (tertiary/aromatic N) is 1. The van der Waals surface area contributed by atoms with E-state index in [0.29, 0.717) is 12.3 Å². The molecule has 1 aliphatic heterocycles. The normalized spacial score (nSPS) is 17.2. The summed E-state index contributed by atoms with van der Waals surface area (Å²) >= 11 is 0. The van der Waals surface area contributed by atoms with Crippen LogP contribution in [0.15, 0.2) is 24.3 Å². The molecule has 2 aromatic rings. The first kappa shape index (κ1) is 17.1. The second-order valence-corrected chi connectivity index (χ2v) is 6.16. The van der Waals surface area contributed by atoms with Crippen LogP contribution < -0.4 is 4.74 Å². The topological polar surface area (TPSA) is 80.9 Å². The second-order valence-electron chi connectivity index (χ2n) is 6.16. The number of hydrogen-bond acceptors (Lipinski definition) is 5. The number of para-hydroxylation sites is 1. The molecule has 1 N–H and O–H groups in total. The zero-order valence-electron chi connectivity index (χ0n) is 14.6. The number of amides is 1. The third-order valence-electron chi connectivity index (χ3n) is 4.08. The van der Waals surface area contributed by atoms with Crippen LogP contribution in [0.3, 0.4) is 0 Å². The molecule has 0 radical (unpaired) electrons. The van der Waals surface area contributed by atoms with Crippen LogP contribution >= 0.6 is 0 Å². The summed E-state index contributed by atoms with van der Waals surface area (Å²) in [6, 6.07) is 7.54. The van der Waals surface area contributed by atoms with Gasteiger partial charge in [0, 0.05) is 16.9 Å². The molecule has 1 amide bonds. The van der Waals surface area contributed by atoms with Crippen molar-refractivity contribution in [2.24, 2.45) is 0 Å². The van der Waals surface area contributed by atoms with Gasteiger partial charge in [0.25, 0.3) is 0 Å². The lowest BCUT2D eigenvalue weighted by molar-refractivity contribution is 0.0511. The summed E-state index contributed by atoms with van der Waals surface area (Å²) in [5.74, 6) is -0.0472. The number of ether oxygens (including phenoxy) is 3. The summed E-state index contributed by atoms with van der Waals surface area (Å²) in [6.45, 7) is 6.53. The molecule has 1 saturated heterocycles. The number of H-pyrrole nitrogens is 1. The van der Waals surface area contributed by atoms with Crippen molar-refractivity contribution in [1.82, 2.24) is 9.88 Å². The Kier molecular flexibility index (Phi) is 4.83. The minimum atomic E-state index is -0.471. The molecule has 1 aromatic carbocycles. The van der Waals surface area contributed by atoms with Gasteiger partial charge in [-0.25, -0.2) is 9.59 Å². The van der Waals surface area contributed by atoms with Crippen molar-refractivity contribution in [3.63, 3.8) is 0 Å². The van der Waals surface area contributed by atoms with E-state index in [9.17, 15) is 9.59 Å². The monoisotopic (exact) mass is 346 g/mol. The number of nitrogens with one attached hydrogen (secondary N) is 1. The first-order valence-electron chi connectivity index (χ1n) is 8.39. The van der Waals surface area contributed by atoms with Crippen LogP contribution in [-0.2, 0) is 9.47 Å². The van der Waals surface area contributed by atoms with Gasteiger partial charge in [0.1, 0.15) is 6.61 Å². The molecule has 0 saturated carbocycles. The van der Waals surface area contributed by atoms with E-state index in [0.717, 1.165) is 10.9 Å². The zero-order valence-corrected chi connectivity index (χ0v) is 14.6. The zero-order chi connectivity index (χ0) is 18.0. The molecule has 0 spiro atoms. The third-order valence-corrected chi connectivity index (χ3v) is 4.08. The number of aromatic amines is 1. The highest BCUT2D eigenvalue weighted by atomic mass is 16.6. The van der Waals surface area contributed by atoms with Crippen LogP contribution in [0, 0.1) is 0 Å². The first-order chi connectivity index (χ1) is 12.0. The van der Waals surface area contributed by atoms with Crippen molar-refractivity contribution in [3.8, 4) is 5.75 Å². The maximum Gasteiger partial charge on any atom is 0.410 e. The summed E-state index contributed by atoms with van der Waals surface area (Å²) in [5.41, 5.74) is 1.06. The molecular weight excluding hydrogens is 324 g/mol. The molecule has 1 unspecified atom stereocenters. The molecule has 0 bridgehead atoms. The average Bonchev–Trinajstić information content (AvgIpc) is 3.13. The molecular formula is C18H22N2O5. The highest BCUT2D eigenvalue weighted by Crippen LogP contribution is 2.31. The Morgan fingerprint density at radius 1 is 1.40 bits per heavy atom. The number of aromatic nitrogens is 1. The third kappa shape index (κ3) is 3.40. The number of cyclic esters (lactones) is 1. The van der Waals surface area contributed by atoms with Crippen LogP contribution in [0.1, 0.15) is 31.3 Å². The highest BCUT2D eigenvalue weighted by Gasteiger charge is 2.33. The minimum absolute atomic E-state index is 0.0701. The fourth-order valence-electron chi connectivity index (χ4n) is 2.84. The number of esters is 1. The van der Waals surface area contributed by atoms with Crippen molar-refractivity contribution in [3.05, 3.63) is 30.0 Å². The number of carbonyl (C=O) groups excluding carboxylic acids is 2. The van der Waals surface area contributed by atoms with Crippen LogP contribution in [0.25, 0.3) is 10.9 Å². The Morgan fingerprint density at radius 2 is 2.16 bits per heavy atom. The largest absolute Gasteiger partial charge is 0.486 e. The Labute approximate surface area is 145 Å². The van der Waals surface area contributed by atoms with E-state index in [1.54, 1.807) is 11.8 Å². The van der Waals surface area contributed by atoms with Gasteiger partial charge in [-0.1, -0.05) is 12.1 Å². The van der Waals surface area contributed by atoms with Crippen molar-refractivity contribution in [2.75, 3.05) is 19.8 Å². The maximum atomic E-state index is 12.2. The van der Waals surface area contributed by atoms with Gasteiger partial charge < -0.3 is 24.1 Å². The number of benzene rings is 1. The Bertz CT molecular complexity index is 783. The minimum Gasteiger partial charge on any atom is -0.486 e. The summed E-state index contributed by atoms with van der Waals surface area (Å²) < 4.78 is 16.3. The lowest BCUT2D eigenvalue weighted by Crippen LogP contribution is -2.32. The van der Waals surface area contributed by atoms with E-state index in [-0.39, 0.29) is 37.1 Å². The number of rotatable bonds is 6. The van der Waals surface area contributed by atoms with Crippen molar-refractivity contribution >= 4 is 23.0 Å². The predicted molar refractivity (Wildman–Crippen MR) is 91.9 cm³/mol. The van der Waals surface area contributed by atoms with Gasteiger partial charge in [-0.05, 0) is 32.9 Å². The summed E-state index contributed by atoms with van der Waals surface area (Å²) in [6.07, 6.45) is -0.716. The SMILES string of the molecule is CCOC(=O)c1[nH]c2ccccc2c1OCC1CN(C(C)C)C(=O)O1. The van der Waals surface area contributed by atoms with Crippen LogP contribution in [0.2, 0.25) is 0 Å². The lowest BCUT2D eigenvalue weighted by Gasteiger charge is -2.17. The predicted octanol–water partition coefficient (Wildman–Crippen LogP) is 2.95. The van der Waals surface area contributed by atoms with Gasteiger partial charge >= 0.3 is 12.1 Å². The van der Waals surface area contributed by atoms with Gasteiger partial charge in [-0.15, -0.1) is 0 Å². The summed E-state index contributed by atoms with van der Waals surface area (Å²) in [4.78, 5) is 28.7. The highest BCUT2D eigenvalue weighted by molar-refractivity contribution is 6.00. The van der Waals surface area contributed by atoms with Crippen molar-refractivity contribution < 1.29 is 23.8 Å². The van der Waals surface area contributed by atoms with Crippen LogP contribution in [-0.4, -0.2) is 53.9 Å². The molecule has 7 nitrogen and oxygen atoms in total. The van der Waals surface area contributed by atoms with E-state index >= 15 is 0 Å².